The lowest BCUT2D eigenvalue weighted by molar-refractivity contribution is -0.127. The minimum absolute atomic E-state index is 0.0320. The van der Waals surface area contributed by atoms with Crippen molar-refractivity contribution in [3.8, 4) is 0 Å². The van der Waals surface area contributed by atoms with E-state index in [-0.39, 0.29) is 17.9 Å². The summed E-state index contributed by atoms with van der Waals surface area (Å²) in [6.45, 7) is 9.30. The van der Waals surface area contributed by atoms with Gasteiger partial charge in [0.15, 0.2) is 5.96 Å². The van der Waals surface area contributed by atoms with E-state index < -0.39 is 0 Å². The smallest absolute Gasteiger partial charge is 0.243 e. The number of hydrogen-bond donors (Lipinski definition) is 2. The van der Waals surface area contributed by atoms with Crippen molar-refractivity contribution in [2.45, 2.75) is 32.6 Å². The Labute approximate surface area is 171 Å². The van der Waals surface area contributed by atoms with E-state index in [0.717, 1.165) is 24.0 Å². The van der Waals surface area contributed by atoms with Crippen molar-refractivity contribution in [2.24, 2.45) is 4.99 Å². The van der Waals surface area contributed by atoms with Crippen molar-refractivity contribution in [1.82, 2.24) is 15.5 Å². The lowest BCUT2D eigenvalue weighted by Crippen LogP contribution is -2.44. The molecule has 2 N–H and O–H groups in total. The molecule has 0 bridgehead atoms. The summed E-state index contributed by atoms with van der Waals surface area (Å²) in [5, 5.41) is 6.67. The number of hydrogen-bond acceptors (Lipinski definition) is 3. The predicted molar refractivity (Wildman–Crippen MR) is 115 cm³/mol. The highest BCUT2D eigenvalue weighted by molar-refractivity contribution is 9.10. The Morgan fingerprint density at radius 3 is 2.59 bits per heavy atom. The van der Waals surface area contributed by atoms with E-state index in [1.807, 2.05) is 25.1 Å². The molecule has 152 valence electrons. The van der Waals surface area contributed by atoms with Crippen LogP contribution in [0.2, 0.25) is 0 Å². The summed E-state index contributed by atoms with van der Waals surface area (Å²) >= 11 is 3.63. The fraction of sp³-hybridized carbons (Fsp3) is 0.600. The molecule has 0 unspecified atom stereocenters. The Morgan fingerprint density at radius 1 is 1.26 bits per heavy atom. The van der Waals surface area contributed by atoms with Crippen LogP contribution in [0.1, 0.15) is 32.8 Å². The van der Waals surface area contributed by atoms with Gasteiger partial charge < -0.3 is 20.3 Å². The Balaban J connectivity index is 2.72. The van der Waals surface area contributed by atoms with Crippen LogP contribution in [0.5, 0.6) is 0 Å². The number of guanidine groups is 1. The Morgan fingerprint density at radius 2 is 1.96 bits per heavy atom. The molecule has 1 amide bonds. The van der Waals surface area contributed by atoms with E-state index in [4.69, 9.17) is 4.74 Å². The van der Waals surface area contributed by atoms with Crippen LogP contribution in [0.25, 0.3) is 0 Å². The maximum atomic E-state index is 11.9. The van der Waals surface area contributed by atoms with Crippen LogP contribution in [-0.4, -0.2) is 63.7 Å². The second-order valence-corrected chi connectivity index (χ2v) is 8.00. The van der Waals surface area contributed by atoms with Crippen molar-refractivity contribution < 1.29 is 9.53 Å². The van der Waals surface area contributed by atoms with Crippen molar-refractivity contribution in [3.63, 3.8) is 0 Å². The van der Waals surface area contributed by atoms with Crippen molar-refractivity contribution in [2.75, 3.05) is 46.9 Å². The normalized spacial score (nSPS) is 12.0. The zero-order chi connectivity index (χ0) is 20.3. The van der Waals surface area contributed by atoms with Crippen LogP contribution in [0.3, 0.4) is 0 Å². The van der Waals surface area contributed by atoms with Crippen molar-refractivity contribution >= 4 is 27.8 Å². The van der Waals surface area contributed by atoms with Gasteiger partial charge in [-0.25, -0.2) is 4.99 Å². The number of nitrogens with one attached hydrogen (secondary N) is 2. The summed E-state index contributed by atoms with van der Waals surface area (Å²) in [5.41, 5.74) is 1.11. The van der Waals surface area contributed by atoms with Gasteiger partial charge in [0.2, 0.25) is 5.91 Å². The first-order valence-corrected chi connectivity index (χ1v) is 10.1. The van der Waals surface area contributed by atoms with E-state index in [9.17, 15) is 4.79 Å². The van der Waals surface area contributed by atoms with Gasteiger partial charge in [-0.3, -0.25) is 4.79 Å². The summed E-state index contributed by atoms with van der Waals surface area (Å²) in [6.07, 6.45) is 0.879. The molecule has 1 aromatic carbocycles. The van der Waals surface area contributed by atoms with Gasteiger partial charge >= 0.3 is 0 Å². The second kappa shape index (κ2) is 12.0. The van der Waals surface area contributed by atoms with Gasteiger partial charge in [-0.05, 0) is 25.0 Å². The molecule has 6 nitrogen and oxygen atoms in total. The molecule has 0 radical (unpaired) electrons. The van der Waals surface area contributed by atoms with Crippen LogP contribution in [0.15, 0.2) is 33.7 Å². The highest BCUT2D eigenvalue weighted by Gasteiger charge is 2.23. The third kappa shape index (κ3) is 8.75. The third-order valence-electron chi connectivity index (χ3n) is 4.13. The molecule has 0 heterocycles. The largest absolute Gasteiger partial charge is 0.382 e. The highest BCUT2D eigenvalue weighted by Crippen LogP contribution is 2.29. The fourth-order valence-electron chi connectivity index (χ4n) is 2.40. The molecule has 1 aromatic rings. The number of amides is 1. The number of rotatable bonds is 10. The zero-order valence-electron chi connectivity index (χ0n) is 17.1. The molecule has 1 rings (SSSR count). The van der Waals surface area contributed by atoms with Gasteiger partial charge in [-0.15, -0.1) is 0 Å². The number of halogens is 1. The molecule has 0 spiro atoms. The van der Waals surface area contributed by atoms with E-state index in [1.165, 1.54) is 5.56 Å². The number of nitrogens with zero attached hydrogens (tertiary/aromatic N) is 2. The monoisotopic (exact) mass is 440 g/mol. The average Bonchev–Trinajstić information content (AvgIpc) is 2.62. The molecule has 0 atom stereocenters. The Bertz CT molecular complexity index is 618. The van der Waals surface area contributed by atoms with Gasteiger partial charge in [0.05, 0.1) is 0 Å². The van der Waals surface area contributed by atoms with Crippen LogP contribution in [0.4, 0.5) is 0 Å². The lowest BCUT2D eigenvalue weighted by Gasteiger charge is -2.28. The molecule has 0 saturated heterocycles. The summed E-state index contributed by atoms with van der Waals surface area (Å²) in [6, 6.07) is 8.22. The van der Waals surface area contributed by atoms with Crippen molar-refractivity contribution in [1.29, 1.82) is 0 Å². The molecule has 7 heteroatoms. The van der Waals surface area contributed by atoms with E-state index in [0.29, 0.717) is 19.1 Å². The maximum absolute atomic E-state index is 11.9. The molecule has 0 saturated carbocycles. The van der Waals surface area contributed by atoms with E-state index in [1.54, 1.807) is 19.0 Å². The first-order chi connectivity index (χ1) is 12.8. The minimum Gasteiger partial charge on any atom is -0.382 e. The second-order valence-electron chi connectivity index (χ2n) is 7.15. The van der Waals surface area contributed by atoms with Gasteiger partial charge in [-0.1, -0.05) is 48.0 Å². The summed E-state index contributed by atoms with van der Waals surface area (Å²) < 4.78 is 6.45. The molecular weight excluding hydrogens is 408 g/mol. The van der Waals surface area contributed by atoms with Crippen LogP contribution >= 0.6 is 15.9 Å². The van der Waals surface area contributed by atoms with E-state index >= 15 is 0 Å². The van der Waals surface area contributed by atoms with Crippen LogP contribution < -0.4 is 10.6 Å². The molecular formula is C20H33BrN4O2. The van der Waals surface area contributed by atoms with Crippen LogP contribution in [-0.2, 0) is 14.9 Å². The first kappa shape index (κ1) is 23.4. The summed E-state index contributed by atoms with van der Waals surface area (Å²) in [4.78, 5) is 17.8. The summed E-state index contributed by atoms with van der Waals surface area (Å²) in [5.74, 6) is 0.609. The van der Waals surface area contributed by atoms with Crippen LogP contribution in [0, 0.1) is 0 Å². The molecule has 0 aliphatic carbocycles. The average molecular weight is 441 g/mol. The van der Waals surface area contributed by atoms with Gasteiger partial charge in [0, 0.05) is 50.3 Å². The van der Waals surface area contributed by atoms with Gasteiger partial charge in [0.1, 0.15) is 6.54 Å². The molecule has 27 heavy (non-hydrogen) atoms. The fourth-order valence-corrected chi connectivity index (χ4v) is 3.22. The first-order valence-electron chi connectivity index (χ1n) is 9.33. The molecule has 0 fully saturated rings. The Kier molecular flexibility index (Phi) is 10.4. The SMILES string of the molecule is CCOCCCNC(=NCC(=O)N(C)C)NCC(C)(C)c1ccccc1Br. The number of carbonyl (C=O) groups excluding carboxylic acids is 1. The van der Waals surface area contributed by atoms with Crippen molar-refractivity contribution in [3.05, 3.63) is 34.3 Å². The number of aliphatic imine (C=N–C) groups is 1. The third-order valence-corrected chi connectivity index (χ3v) is 4.83. The molecule has 0 aliphatic heterocycles. The number of ether oxygens (including phenoxy) is 1. The van der Waals surface area contributed by atoms with Gasteiger partial charge in [0.25, 0.3) is 0 Å². The van der Waals surface area contributed by atoms with Gasteiger partial charge in [-0.2, -0.15) is 0 Å². The predicted octanol–water partition coefficient (Wildman–Crippen LogP) is 2.78. The molecule has 0 aliphatic rings. The highest BCUT2D eigenvalue weighted by atomic mass is 79.9. The number of carbonyl (C=O) groups is 1. The Hall–Kier alpha value is -1.60. The minimum atomic E-state index is -0.112. The standard InChI is InChI=1S/C20H33BrN4O2/c1-6-27-13-9-12-22-19(23-14-18(26)25(4)5)24-15-20(2,3)16-10-7-8-11-17(16)21/h7-8,10-11H,6,9,12-15H2,1-5H3,(H2,22,23,24). The quantitative estimate of drug-likeness (QED) is 0.333. The summed E-state index contributed by atoms with van der Waals surface area (Å²) in [7, 11) is 3.47. The lowest BCUT2D eigenvalue weighted by atomic mass is 9.84. The number of likely N-dealkylation sites (N-methyl/N-ethyl adjacent to an activating group) is 1. The van der Waals surface area contributed by atoms with E-state index in [2.05, 4.69) is 51.5 Å². The topological polar surface area (TPSA) is 66.0 Å². The maximum Gasteiger partial charge on any atom is 0.243 e. The zero-order valence-corrected chi connectivity index (χ0v) is 18.7. The molecule has 0 aromatic heterocycles. The number of benzene rings is 1.